The fraction of sp³-hybridized carbons (Fsp3) is 0.529. The Hall–Kier alpha value is -0.733. The molecule has 1 aliphatic heterocycles. The van der Waals surface area contributed by atoms with E-state index in [1.165, 1.54) is 11.1 Å². The van der Waals surface area contributed by atoms with Crippen molar-refractivity contribution >= 4 is 20.7 Å². The van der Waals surface area contributed by atoms with Crippen molar-refractivity contribution in [3.8, 4) is 11.5 Å². The second-order valence-electron chi connectivity index (χ2n) is 6.80. The van der Waals surface area contributed by atoms with E-state index in [0.29, 0.717) is 0 Å². The van der Waals surface area contributed by atoms with Crippen molar-refractivity contribution in [2.24, 2.45) is 0 Å². The fourth-order valence-corrected chi connectivity index (χ4v) is 3.21. The average molecular weight is 319 g/mol. The summed E-state index contributed by atoms with van der Waals surface area (Å²) in [5.74, 6) is 3.40. The van der Waals surface area contributed by atoms with Crippen molar-refractivity contribution in [3.05, 3.63) is 28.8 Å². The summed E-state index contributed by atoms with van der Waals surface area (Å²) in [6.45, 7) is 14.4. The van der Waals surface area contributed by atoms with Crippen LogP contribution < -0.4 is 5.32 Å². The molecule has 0 atom stereocenters. The van der Waals surface area contributed by atoms with Crippen molar-refractivity contribution in [2.45, 2.75) is 38.0 Å². The van der Waals surface area contributed by atoms with Crippen molar-refractivity contribution < 1.29 is 0 Å². The maximum Gasteiger partial charge on any atom is 0.129 e. The largest absolute Gasteiger partial charge is 0.314 e. The fourth-order valence-electron chi connectivity index (χ4n) is 2.42. The molecule has 0 aliphatic carbocycles. The summed E-state index contributed by atoms with van der Waals surface area (Å²) < 4.78 is 0. The van der Waals surface area contributed by atoms with Gasteiger partial charge in [-0.25, -0.2) is 0 Å². The van der Waals surface area contributed by atoms with E-state index in [9.17, 15) is 0 Å². The number of rotatable bonds is 2. The van der Waals surface area contributed by atoms with Gasteiger partial charge in [0.15, 0.2) is 0 Å². The summed E-state index contributed by atoms with van der Waals surface area (Å²) in [5.41, 5.74) is 7.30. The third kappa shape index (κ3) is 5.19. The van der Waals surface area contributed by atoms with Gasteiger partial charge in [-0.2, -0.15) is 0 Å². The Morgan fingerprint density at radius 2 is 1.90 bits per heavy atom. The monoisotopic (exact) mass is 318 g/mol. The standard InChI is InChI=1S/C17H26N2SSi/c1-14-15(5-10-21(2,3)4)11-17(20)12-16(14)13-19-8-6-18-7-9-19/h11-12,18,20H,6-9,13H2,1-4H3. The lowest BCUT2D eigenvalue weighted by atomic mass is 10.0. The van der Waals surface area contributed by atoms with Crippen molar-refractivity contribution in [2.75, 3.05) is 26.2 Å². The van der Waals surface area contributed by atoms with E-state index in [2.05, 4.69) is 73.0 Å². The number of thiol groups is 1. The van der Waals surface area contributed by atoms with Gasteiger partial charge >= 0.3 is 0 Å². The Morgan fingerprint density at radius 3 is 2.52 bits per heavy atom. The minimum Gasteiger partial charge on any atom is -0.314 e. The van der Waals surface area contributed by atoms with Crippen LogP contribution in [0.25, 0.3) is 0 Å². The highest BCUT2D eigenvalue weighted by Crippen LogP contribution is 2.21. The number of hydrogen-bond donors (Lipinski definition) is 2. The molecule has 1 N–H and O–H groups in total. The lowest BCUT2D eigenvalue weighted by molar-refractivity contribution is 0.232. The molecule has 1 heterocycles. The third-order valence-electron chi connectivity index (χ3n) is 3.68. The highest BCUT2D eigenvalue weighted by atomic mass is 32.1. The van der Waals surface area contributed by atoms with E-state index in [0.717, 1.165) is 43.2 Å². The van der Waals surface area contributed by atoms with E-state index in [1.807, 2.05) is 0 Å². The zero-order chi connectivity index (χ0) is 15.5. The Balaban J connectivity index is 2.25. The second-order valence-corrected chi connectivity index (χ2v) is 12.1. The van der Waals surface area contributed by atoms with Crippen LogP contribution in [0, 0.1) is 18.4 Å². The Kier molecular flexibility index (Phi) is 5.56. The molecule has 2 rings (SSSR count). The average Bonchev–Trinajstić information content (AvgIpc) is 2.41. The van der Waals surface area contributed by atoms with Crippen LogP contribution in [0.4, 0.5) is 0 Å². The van der Waals surface area contributed by atoms with Crippen LogP contribution in [0.3, 0.4) is 0 Å². The van der Waals surface area contributed by atoms with E-state index in [1.54, 1.807) is 0 Å². The van der Waals surface area contributed by atoms with Gasteiger partial charge in [-0.3, -0.25) is 4.90 Å². The molecular weight excluding hydrogens is 292 g/mol. The zero-order valence-electron chi connectivity index (χ0n) is 13.6. The molecule has 0 amide bonds. The Bertz CT molecular complexity index is 561. The van der Waals surface area contributed by atoms with Crippen LogP contribution in [-0.2, 0) is 6.54 Å². The quantitative estimate of drug-likeness (QED) is 0.495. The first-order chi connectivity index (χ1) is 9.85. The van der Waals surface area contributed by atoms with Crippen LogP contribution >= 0.6 is 12.6 Å². The number of nitrogens with one attached hydrogen (secondary N) is 1. The van der Waals surface area contributed by atoms with E-state index >= 15 is 0 Å². The first-order valence-electron chi connectivity index (χ1n) is 7.64. The predicted octanol–water partition coefficient (Wildman–Crippen LogP) is 2.92. The highest BCUT2D eigenvalue weighted by Gasteiger charge is 2.13. The third-order valence-corrected chi connectivity index (χ3v) is 4.81. The molecule has 1 saturated heterocycles. The van der Waals surface area contributed by atoms with E-state index < -0.39 is 8.07 Å². The van der Waals surface area contributed by atoms with Gasteiger partial charge in [0.05, 0.1) is 0 Å². The van der Waals surface area contributed by atoms with Gasteiger partial charge in [-0.05, 0) is 30.2 Å². The Labute approximate surface area is 135 Å². The molecule has 0 spiro atoms. The molecule has 1 aliphatic rings. The van der Waals surface area contributed by atoms with Crippen molar-refractivity contribution in [1.29, 1.82) is 0 Å². The molecule has 4 heteroatoms. The van der Waals surface area contributed by atoms with Crippen LogP contribution in [-0.4, -0.2) is 39.2 Å². The molecule has 1 aromatic carbocycles. The minimum atomic E-state index is -1.34. The SMILES string of the molecule is Cc1c(C#C[Si](C)(C)C)cc(S)cc1CN1CCNCC1. The molecule has 2 nitrogen and oxygen atoms in total. The number of piperazine rings is 1. The maximum atomic E-state index is 4.57. The lowest BCUT2D eigenvalue weighted by Gasteiger charge is -2.28. The second kappa shape index (κ2) is 7.02. The molecule has 114 valence electrons. The van der Waals surface area contributed by atoms with Gasteiger partial charge in [0, 0.05) is 43.2 Å². The number of benzene rings is 1. The molecule has 1 fully saturated rings. The summed E-state index contributed by atoms with van der Waals surface area (Å²) in [5, 5.41) is 3.40. The van der Waals surface area contributed by atoms with E-state index in [-0.39, 0.29) is 0 Å². The zero-order valence-corrected chi connectivity index (χ0v) is 15.5. The molecule has 21 heavy (non-hydrogen) atoms. The first kappa shape index (κ1) is 16.6. The van der Waals surface area contributed by atoms with Crippen LogP contribution in [0.1, 0.15) is 16.7 Å². The highest BCUT2D eigenvalue weighted by molar-refractivity contribution is 7.80. The molecule has 0 saturated carbocycles. The van der Waals surface area contributed by atoms with Gasteiger partial charge in [0.25, 0.3) is 0 Å². The van der Waals surface area contributed by atoms with E-state index in [4.69, 9.17) is 0 Å². The minimum absolute atomic E-state index is 1.00. The van der Waals surface area contributed by atoms with Crippen LogP contribution in [0.15, 0.2) is 17.0 Å². The summed E-state index contributed by atoms with van der Waals surface area (Å²) in [6.07, 6.45) is 0. The number of nitrogens with zero attached hydrogens (tertiary/aromatic N) is 1. The maximum absolute atomic E-state index is 4.57. The lowest BCUT2D eigenvalue weighted by Crippen LogP contribution is -2.43. The predicted molar refractivity (Wildman–Crippen MR) is 96.8 cm³/mol. The normalized spacial score (nSPS) is 16.4. The molecular formula is C17H26N2SSi. The first-order valence-corrected chi connectivity index (χ1v) is 11.6. The smallest absolute Gasteiger partial charge is 0.129 e. The summed E-state index contributed by atoms with van der Waals surface area (Å²) >= 11 is 4.57. The van der Waals surface area contributed by atoms with Crippen LogP contribution in [0.5, 0.6) is 0 Å². The van der Waals surface area contributed by atoms with Crippen molar-refractivity contribution in [3.63, 3.8) is 0 Å². The summed E-state index contributed by atoms with van der Waals surface area (Å²) in [4.78, 5) is 3.52. The van der Waals surface area contributed by atoms with Gasteiger partial charge in [0.2, 0.25) is 0 Å². The molecule has 1 aromatic rings. The number of hydrogen-bond acceptors (Lipinski definition) is 3. The van der Waals surface area contributed by atoms with Gasteiger partial charge in [0.1, 0.15) is 8.07 Å². The Morgan fingerprint density at radius 1 is 1.24 bits per heavy atom. The van der Waals surface area contributed by atoms with Gasteiger partial charge < -0.3 is 5.32 Å². The molecule has 0 aromatic heterocycles. The van der Waals surface area contributed by atoms with Gasteiger partial charge in [-0.1, -0.05) is 25.6 Å². The van der Waals surface area contributed by atoms with Crippen molar-refractivity contribution in [1.82, 2.24) is 10.2 Å². The van der Waals surface area contributed by atoms with Crippen LogP contribution in [0.2, 0.25) is 19.6 Å². The molecule has 0 radical (unpaired) electrons. The summed E-state index contributed by atoms with van der Waals surface area (Å²) in [6, 6.07) is 4.30. The molecule has 0 unspecified atom stereocenters. The molecule has 0 bridgehead atoms. The van der Waals surface area contributed by atoms with Gasteiger partial charge in [-0.15, -0.1) is 18.2 Å². The summed E-state index contributed by atoms with van der Waals surface area (Å²) in [7, 11) is -1.34. The topological polar surface area (TPSA) is 15.3 Å².